The second-order valence-corrected chi connectivity index (χ2v) is 3.69. The minimum atomic E-state index is -0.267. The maximum Gasteiger partial charge on any atom is 0.198 e. The lowest BCUT2D eigenvalue weighted by molar-refractivity contribution is 0.104. The minimum absolute atomic E-state index is 0.185. The van der Waals surface area contributed by atoms with Crippen molar-refractivity contribution in [2.45, 2.75) is 0 Å². The molecule has 2 rings (SSSR count). The summed E-state index contributed by atoms with van der Waals surface area (Å²) in [5, 5.41) is 0. The molecule has 0 amide bonds. The van der Waals surface area contributed by atoms with E-state index in [2.05, 4.69) is 4.98 Å². The fourth-order valence-electron chi connectivity index (χ4n) is 1.67. The molecule has 0 radical (unpaired) electrons. The van der Waals surface area contributed by atoms with E-state index in [1.807, 2.05) is 0 Å². The Kier molecular flexibility index (Phi) is 3.14. The normalized spacial score (nSPS) is 10.1. The van der Waals surface area contributed by atoms with Crippen molar-refractivity contribution in [2.24, 2.45) is 0 Å². The summed E-state index contributed by atoms with van der Waals surface area (Å²) in [6, 6.07) is 8.30. The zero-order valence-electron chi connectivity index (χ0n) is 9.88. The molecule has 4 N–H and O–H groups in total. The number of ether oxygens (including phenoxy) is 1. The highest BCUT2D eigenvalue weighted by atomic mass is 16.5. The molecule has 0 aliphatic carbocycles. The first kappa shape index (κ1) is 11.9. The van der Waals surface area contributed by atoms with Gasteiger partial charge >= 0.3 is 0 Å². The third-order valence-electron chi connectivity index (χ3n) is 2.61. The number of benzene rings is 1. The number of para-hydroxylation sites is 1. The van der Waals surface area contributed by atoms with E-state index in [-0.39, 0.29) is 11.6 Å². The van der Waals surface area contributed by atoms with E-state index in [9.17, 15) is 4.79 Å². The maximum absolute atomic E-state index is 12.3. The second kappa shape index (κ2) is 4.75. The number of rotatable bonds is 3. The molecule has 1 aromatic carbocycles. The van der Waals surface area contributed by atoms with Gasteiger partial charge in [0.05, 0.1) is 18.4 Å². The lowest BCUT2D eigenvalue weighted by Crippen LogP contribution is -2.09. The Morgan fingerprint density at radius 1 is 1.17 bits per heavy atom. The molecule has 18 heavy (non-hydrogen) atoms. The summed E-state index contributed by atoms with van der Waals surface area (Å²) in [4.78, 5) is 16.2. The van der Waals surface area contributed by atoms with Crippen LogP contribution in [0.15, 0.2) is 36.5 Å². The molecule has 0 spiro atoms. The van der Waals surface area contributed by atoms with Crippen LogP contribution in [-0.4, -0.2) is 17.9 Å². The van der Waals surface area contributed by atoms with Crippen LogP contribution in [0.5, 0.6) is 5.75 Å². The van der Waals surface area contributed by atoms with Gasteiger partial charge in [0, 0.05) is 11.8 Å². The Bertz CT molecular complexity index is 597. The first-order valence-electron chi connectivity index (χ1n) is 5.33. The molecule has 0 atom stereocenters. The quantitative estimate of drug-likeness (QED) is 0.629. The number of nitrogens with two attached hydrogens (primary N) is 2. The van der Waals surface area contributed by atoms with Crippen molar-refractivity contribution in [3.8, 4) is 5.75 Å². The molecule has 5 nitrogen and oxygen atoms in total. The summed E-state index contributed by atoms with van der Waals surface area (Å²) in [6.07, 6.45) is 1.53. The molecule has 1 heterocycles. The number of methoxy groups -OCH3 is 1. The smallest absolute Gasteiger partial charge is 0.198 e. The van der Waals surface area contributed by atoms with Crippen LogP contribution in [0.4, 0.5) is 11.5 Å². The third-order valence-corrected chi connectivity index (χ3v) is 2.61. The number of ketones is 1. The zero-order valence-corrected chi connectivity index (χ0v) is 9.88. The molecule has 0 bridgehead atoms. The van der Waals surface area contributed by atoms with Crippen LogP contribution < -0.4 is 16.2 Å². The monoisotopic (exact) mass is 243 g/mol. The fourth-order valence-corrected chi connectivity index (χ4v) is 1.67. The molecule has 0 saturated heterocycles. The van der Waals surface area contributed by atoms with Crippen molar-refractivity contribution in [1.82, 2.24) is 4.98 Å². The molecular formula is C13H13N3O2. The number of aromatic nitrogens is 1. The number of pyridine rings is 1. The van der Waals surface area contributed by atoms with Crippen molar-refractivity contribution in [1.29, 1.82) is 0 Å². The van der Waals surface area contributed by atoms with Crippen molar-refractivity contribution in [2.75, 3.05) is 18.6 Å². The number of hydrogen-bond donors (Lipinski definition) is 2. The topological polar surface area (TPSA) is 91.2 Å². The van der Waals surface area contributed by atoms with Crippen molar-refractivity contribution < 1.29 is 9.53 Å². The molecule has 0 aliphatic rings. The average molecular weight is 243 g/mol. The Hall–Kier alpha value is -2.56. The van der Waals surface area contributed by atoms with Crippen LogP contribution in [-0.2, 0) is 0 Å². The van der Waals surface area contributed by atoms with Crippen molar-refractivity contribution in [3.63, 3.8) is 0 Å². The predicted octanol–water partition coefficient (Wildman–Crippen LogP) is 1.49. The lowest BCUT2D eigenvalue weighted by atomic mass is 10.0. The molecule has 1 aromatic heterocycles. The van der Waals surface area contributed by atoms with E-state index in [1.54, 1.807) is 30.3 Å². The standard InChI is InChI=1S/C13H13N3O2/c1-18-10-6-2-4-8(11(10)14)12(17)9-5-3-7-16-13(9)15/h2-7H,14H2,1H3,(H2,15,16). The molecule has 0 saturated carbocycles. The summed E-state index contributed by atoms with van der Waals surface area (Å²) in [7, 11) is 1.50. The van der Waals surface area contributed by atoms with Gasteiger partial charge in [-0.2, -0.15) is 0 Å². The van der Waals surface area contributed by atoms with E-state index in [4.69, 9.17) is 16.2 Å². The SMILES string of the molecule is COc1cccc(C(=O)c2cccnc2N)c1N. The average Bonchev–Trinajstić information content (AvgIpc) is 2.39. The summed E-state index contributed by atoms with van der Waals surface area (Å²) in [6.45, 7) is 0. The van der Waals surface area contributed by atoms with Gasteiger partial charge in [0.2, 0.25) is 0 Å². The second-order valence-electron chi connectivity index (χ2n) is 3.69. The van der Waals surface area contributed by atoms with Gasteiger partial charge < -0.3 is 16.2 Å². The zero-order chi connectivity index (χ0) is 13.1. The van der Waals surface area contributed by atoms with Crippen molar-refractivity contribution in [3.05, 3.63) is 47.7 Å². The maximum atomic E-state index is 12.3. The fraction of sp³-hybridized carbons (Fsp3) is 0.0769. The van der Waals surface area contributed by atoms with Gasteiger partial charge in [0.25, 0.3) is 0 Å². The lowest BCUT2D eigenvalue weighted by Gasteiger charge is -2.09. The van der Waals surface area contributed by atoms with Crippen LogP contribution in [0.3, 0.4) is 0 Å². The van der Waals surface area contributed by atoms with Crippen LogP contribution >= 0.6 is 0 Å². The number of nitrogens with zero attached hydrogens (tertiary/aromatic N) is 1. The van der Waals surface area contributed by atoms with Gasteiger partial charge in [-0.25, -0.2) is 4.98 Å². The molecule has 2 aromatic rings. The summed E-state index contributed by atoms with van der Waals surface area (Å²) >= 11 is 0. The van der Waals surface area contributed by atoms with E-state index in [0.717, 1.165) is 0 Å². The molecule has 0 fully saturated rings. The minimum Gasteiger partial charge on any atom is -0.495 e. The number of anilines is 2. The summed E-state index contributed by atoms with van der Waals surface area (Å²) in [5.74, 6) is 0.380. The van der Waals surface area contributed by atoms with Gasteiger partial charge in [-0.3, -0.25) is 4.79 Å². The first-order valence-corrected chi connectivity index (χ1v) is 5.33. The van der Waals surface area contributed by atoms with E-state index in [1.165, 1.54) is 13.3 Å². The van der Waals surface area contributed by atoms with Gasteiger partial charge in [-0.1, -0.05) is 6.07 Å². The van der Waals surface area contributed by atoms with Crippen LogP contribution in [0.1, 0.15) is 15.9 Å². The van der Waals surface area contributed by atoms with Crippen LogP contribution in [0.2, 0.25) is 0 Å². The Morgan fingerprint density at radius 3 is 2.56 bits per heavy atom. The molecule has 5 heteroatoms. The number of hydrogen-bond acceptors (Lipinski definition) is 5. The number of nitrogen functional groups attached to an aromatic ring is 2. The third kappa shape index (κ3) is 1.98. The van der Waals surface area contributed by atoms with Gasteiger partial charge in [-0.15, -0.1) is 0 Å². The predicted molar refractivity (Wildman–Crippen MR) is 69.5 cm³/mol. The molecule has 0 aliphatic heterocycles. The summed E-state index contributed by atoms with van der Waals surface area (Å²) in [5.41, 5.74) is 12.5. The van der Waals surface area contributed by atoms with Gasteiger partial charge in [0.15, 0.2) is 5.78 Å². The van der Waals surface area contributed by atoms with Gasteiger partial charge in [-0.05, 0) is 24.3 Å². The largest absolute Gasteiger partial charge is 0.495 e. The highest BCUT2D eigenvalue weighted by Gasteiger charge is 2.17. The van der Waals surface area contributed by atoms with E-state index in [0.29, 0.717) is 22.6 Å². The van der Waals surface area contributed by atoms with Crippen LogP contribution in [0.25, 0.3) is 0 Å². The van der Waals surface area contributed by atoms with Gasteiger partial charge in [0.1, 0.15) is 11.6 Å². The Balaban J connectivity index is 2.50. The number of carbonyl (C=O) groups excluding carboxylic acids is 1. The highest BCUT2D eigenvalue weighted by molar-refractivity contribution is 6.14. The molecule has 0 unspecified atom stereocenters. The van der Waals surface area contributed by atoms with E-state index >= 15 is 0 Å². The van der Waals surface area contributed by atoms with E-state index < -0.39 is 0 Å². The molecular weight excluding hydrogens is 230 g/mol. The first-order chi connectivity index (χ1) is 8.65. The van der Waals surface area contributed by atoms with Crippen molar-refractivity contribution >= 4 is 17.3 Å². The highest BCUT2D eigenvalue weighted by Crippen LogP contribution is 2.27. The Labute approximate surface area is 104 Å². The Morgan fingerprint density at radius 2 is 1.89 bits per heavy atom. The summed E-state index contributed by atoms with van der Waals surface area (Å²) < 4.78 is 5.08. The number of carbonyl (C=O) groups is 1. The van der Waals surface area contributed by atoms with Crippen LogP contribution in [0, 0.1) is 0 Å². The molecule has 92 valence electrons.